The van der Waals surface area contributed by atoms with Gasteiger partial charge < -0.3 is 56.8 Å². The number of methoxy groups -OCH3 is 1. The lowest BCUT2D eigenvalue weighted by molar-refractivity contribution is -0.374. The van der Waals surface area contributed by atoms with Crippen molar-refractivity contribution in [3.05, 3.63) is 138 Å². The number of thioether (sulfide) groups is 1. The van der Waals surface area contributed by atoms with Crippen LogP contribution in [0.2, 0.25) is 0 Å². The maximum atomic E-state index is 14.9. The van der Waals surface area contributed by atoms with Crippen molar-refractivity contribution in [2.24, 2.45) is 0 Å². The average molecular weight is 1040 g/mol. The van der Waals surface area contributed by atoms with E-state index in [0.717, 1.165) is 39.0 Å². The zero-order chi connectivity index (χ0) is 52.5. The standard InChI is InChI=1S/C53H55NO19S/c1-30-21-23-37(24-22-30)74-50-47(70-48(59)35-17-11-7-12-18-35)46(44-40(68-50)28-65-49(71-44)36-19-13-8-14-20-36)73-53(51(60)62-5)25-38-42(54(52(61)69-38)41(58)29-63-26-34-15-9-6-10-16-34)45(72-53)43(67-33(4)57)39(66-32(3)56)27-64-31(2)55/h6-24,38-40,42-47,49-50H,25-29H2,1-5H3/t38-,39+,40+,42+,43+,44-,45+,46-,47+,49?,50-,53-/m0/s1. The van der Waals surface area contributed by atoms with Crippen molar-refractivity contribution in [3.63, 3.8) is 0 Å². The number of hydrogen-bond donors (Lipinski definition) is 0. The predicted octanol–water partition coefficient (Wildman–Crippen LogP) is 5.55. The summed E-state index contributed by atoms with van der Waals surface area (Å²) in [5.74, 6) is -8.46. The fourth-order valence-corrected chi connectivity index (χ4v) is 10.2. The molecule has 4 aliphatic rings. The molecule has 8 rings (SSSR count). The van der Waals surface area contributed by atoms with Gasteiger partial charge in [0.25, 0.3) is 11.7 Å². The van der Waals surface area contributed by atoms with Crippen molar-refractivity contribution in [2.75, 3.05) is 26.9 Å². The monoisotopic (exact) mass is 1040 g/mol. The van der Waals surface area contributed by atoms with E-state index in [4.69, 9.17) is 56.8 Å². The Hall–Kier alpha value is -6.72. The quantitative estimate of drug-likeness (QED) is 0.0877. The summed E-state index contributed by atoms with van der Waals surface area (Å²) in [6.45, 7) is 3.54. The van der Waals surface area contributed by atoms with Gasteiger partial charge >= 0.3 is 35.9 Å². The minimum absolute atomic E-state index is 0.0273. The molecule has 0 saturated carbocycles. The third-order valence-electron chi connectivity index (χ3n) is 12.3. The smallest absolute Gasteiger partial charge is 0.417 e. The lowest BCUT2D eigenvalue weighted by atomic mass is 9.87. The van der Waals surface area contributed by atoms with Gasteiger partial charge in [-0.25, -0.2) is 19.3 Å². The fraction of sp³-hybridized carbons (Fsp3) is 0.415. The van der Waals surface area contributed by atoms with Crippen LogP contribution >= 0.6 is 11.8 Å². The molecule has 1 unspecified atom stereocenters. The number of aryl methyl sites for hydroxylation is 1. The Balaban J connectivity index is 1.25. The Labute approximate surface area is 430 Å². The van der Waals surface area contributed by atoms with Crippen LogP contribution in [0.25, 0.3) is 0 Å². The molecule has 4 fully saturated rings. The van der Waals surface area contributed by atoms with E-state index >= 15 is 0 Å². The molecule has 0 aliphatic carbocycles. The minimum Gasteiger partial charge on any atom is -0.465 e. The van der Waals surface area contributed by atoms with Crippen LogP contribution in [-0.2, 0) is 87.4 Å². The third kappa shape index (κ3) is 12.6. The summed E-state index contributed by atoms with van der Waals surface area (Å²) in [5, 5.41) is 0. The molecule has 0 radical (unpaired) electrons. The van der Waals surface area contributed by atoms with E-state index in [-0.39, 0.29) is 18.8 Å². The first kappa shape index (κ1) is 53.6. The molecule has 0 bridgehead atoms. The summed E-state index contributed by atoms with van der Waals surface area (Å²) in [7, 11) is 1.04. The number of fused-ring (bicyclic) bond motifs is 2. The molecule has 0 aromatic heterocycles. The molecular weight excluding hydrogens is 987 g/mol. The molecule has 0 spiro atoms. The van der Waals surface area contributed by atoms with Gasteiger partial charge in [0.2, 0.25) is 0 Å². The molecule has 74 heavy (non-hydrogen) atoms. The lowest BCUT2D eigenvalue weighted by Gasteiger charge is -2.52. The largest absolute Gasteiger partial charge is 0.465 e. The van der Waals surface area contributed by atoms with Crippen molar-refractivity contribution in [1.29, 1.82) is 0 Å². The number of carbonyl (C=O) groups excluding carboxylic acids is 7. The lowest BCUT2D eigenvalue weighted by Crippen LogP contribution is -2.70. The second-order valence-electron chi connectivity index (χ2n) is 17.7. The average Bonchev–Trinajstić information content (AvgIpc) is 3.73. The summed E-state index contributed by atoms with van der Waals surface area (Å²) in [6.07, 6.45) is -15.3. The molecule has 20 nitrogen and oxygen atoms in total. The Kier molecular flexibility index (Phi) is 17.4. The summed E-state index contributed by atoms with van der Waals surface area (Å²) < 4.78 is 73.8. The van der Waals surface area contributed by atoms with Gasteiger partial charge in [-0.15, -0.1) is 0 Å². The van der Waals surface area contributed by atoms with Gasteiger partial charge in [-0.2, -0.15) is 0 Å². The van der Waals surface area contributed by atoms with Crippen LogP contribution in [0.15, 0.2) is 120 Å². The molecule has 4 aromatic rings. The first-order valence-corrected chi connectivity index (χ1v) is 24.5. The molecular formula is C53H55NO19S. The second kappa shape index (κ2) is 24.1. The van der Waals surface area contributed by atoms with Crippen LogP contribution in [0, 0.1) is 6.92 Å². The maximum absolute atomic E-state index is 14.9. The zero-order valence-corrected chi connectivity index (χ0v) is 41.8. The number of esters is 5. The minimum atomic E-state index is -2.75. The van der Waals surface area contributed by atoms with Crippen molar-refractivity contribution in [2.45, 2.75) is 118 Å². The number of rotatable bonds is 18. The Bertz CT molecular complexity index is 2630. The van der Waals surface area contributed by atoms with Crippen molar-refractivity contribution >= 4 is 53.6 Å². The Morgan fingerprint density at radius 1 is 0.784 bits per heavy atom. The van der Waals surface area contributed by atoms with Crippen molar-refractivity contribution in [3.8, 4) is 0 Å². The van der Waals surface area contributed by atoms with Crippen LogP contribution < -0.4 is 0 Å². The van der Waals surface area contributed by atoms with Crippen molar-refractivity contribution in [1.82, 2.24) is 4.90 Å². The first-order chi connectivity index (χ1) is 35.6. The van der Waals surface area contributed by atoms with Crippen LogP contribution in [0.3, 0.4) is 0 Å². The molecule has 2 amide bonds. The highest BCUT2D eigenvalue weighted by molar-refractivity contribution is 7.99. The summed E-state index contributed by atoms with van der Waals surface area (Å²) in [6, 6.07) is 31.9. The van der Waals surface area contributed by atoms with Crippen LogP contribution in [0.1, 0.15) is 60.5 Å². The van der Waals surface area contributed by atoms with Gasteiger partial charge in [-0.3, -0.25) is 19.2 Å². The molecule has 12 atom stereocenters. The fourth-order valence-electron chi connectivity index (χ4n) is 9.08. The molecule has 21 heteroatoms. The normalized spacial score (nSPS) is 27.0. The van der Waals surface area contributed by atoms with E-state index in [9.17, 15) is 33.6 Å². The predicted molar refractivity (Wildman–Crippen MR) is 255 cm³/mol. The van der Waals surface area contributed by atoms with E-state index in [1.54, 1.807) is 84.9 Å². The number of amides is 2. The van der Waals surface area contributed by atoms with Gasteiger partial charge in [-0.05, 0) is 36.8 Å². The van der Waals surface area contributed by atoms with Crippen LogP contribution in [-0.4, -0.2) is 140 Å². The molecule has 4 aromatic carbocycles. The zero-order valence-electron chi connectivity index (χ0n) is 41.0. The van der Waals surface area contributed by atoms with Gasteiger partial charge in [-0.1, -0.05) is 108 Å². The number of ether oxygens (including phenoxy) is 12. The number of imide groups is 1. The van der Waals surface area contributed by atoms with Gasteiger partial charge in [0.05, 0.1) is 32.3 Å². The Morgan fingerprint density at radius 3 is 2.09 bits per heavy atom. The van der Waals surface area contributed by atoms with E-state index in [2.05, 4.69) is 0 Å². The molecule has 0 N–H and O–H groups in total. The summed E-state index contributed by atoms with van der Waals surface area (Å²) in [4.78, 5) is 97.2. The number of benzene rings is 4. The number of carbonyl (C=O) groups is 7. The van der Waals surface area contributed by atoms with Gasteiger partial charge in [0.1, 0.15) is 55.2 Å². The van der Waals surface area contributed by atoms with Gasteiger partial charge in [0, 0.05) is 31.2 Å². The summed E-state index contributed by atoms with van der Waals surface area (Å²) in [5.41, 5.74) is 1.34. The van der Waals surface area contributed by atoms with Crippen molar-refractivity contribution < 1.29 is 90.4 Å². The highest BCUT2D eigenvalue weighted by atomic mass is 32.2. The summed E-state index contributed by atoms with van der Waals surface area (Å²) >= 11 is 1.18. The SMILES string of the molecule is COC(=O)[C@@]1(O[C@H]2[C@H]3OC(c4ccccc4)OC[C@H]3O[C@@H](Sc3ccc(C)cc3)[C@@H]2OC(=O)c2ccccc2)C[C@@H]2OC(=O)N(C(=O)COCc3ccccc3)[C@H]2[C@H]([C@H](OC(C)=O)[C@@H](COC(C)=O)OC(C)=O)O1. The number of nitrogens with zero attached hydrogens (tertiary/aromatic N) is 1. The number of hydrogen-bond acceptors (Lipinski definition) is 20. The van der Waals surface area contributed by atoms with Crippen LogP contribution in [0.4, 0.5) is 4.79 Å². The van der Waals surface area contributed by atoms with E-state index in [0.29, 0.717) is 15.4 Å². The van der Waals surface area contributed by atoms with Gasteiger partial charge in [0.15, 0.2) is 24.6 Å². The van der Waals surface area contributed by atoms with E-state index < -0.39 is 134 Å². The van der Waals surface area contributed by atoms with E-state index in [1.165, 1.54) is 11.8 Å². The van der Waals surface area contributed by atoms with Crippen LogP contribution in [0.5, 0.6) is 0 Å². The second-order valence-corrected chi connectivity index (χ2v) is 18.9. The molecule has 4 saturated heterocycles. The Morgan fingerprint density at radius 2 is 1.45 bits per heavy atom. The molecule has 392 valence electrons. The molecule has 4 aliphatic heterocycles. The molecule has 4 heterocycles. The highest BCUT2D eigenvalue weighted by Crippen LogP contribution is 2.47. The highest BCUT2D eigenvalue weighted by Gasteiger charge is 2.67. The topological polar surface area (TPSA) is 233 Å². The van der Waals surface area contributed by atoms with E-state index in [1.807, 2.05) is 37.3 Å². The first-order valence-electron chi connectivity index (χ1n) is 23.7. The maximum Gasteiger partial charge on any atom is 0.417 e. The third-order valence-corrected chi connectivity index (χ3v) is 13.5.